The molecule has 3 aromatic rings. The van der Waals surface area contributed by atoms with Crippen molar-refractivity contribution in [3.63, 3.8) is 0 Å². The van der Waals surface area contributed by atoms with Crippen molar-refractivity contribution >= 4 is 34.4 Å². The minimum Gasteiger partial charge on any atom is -0.497 e. The van der Waals surface area contributed by atoms with E-state index in [2.05, 4.69) is 15.5 Å². The second kappa shape index (κ2) is 6.67. The van der Waals surface area contributed by atoms with Gasteiger partial charge >= 0.3 is 0 Å². The summed E-state index contributed by atoms with van der Waals surface area (Å²) in [6, 6.07) is 15.6. The number of hydrogen-bond acceptors (Lipinski definition) is 4. The van der Waals surface area contributed by atoms with Crippen LogP contribution in [0.2, 0.25) is 5.15 Å². The highest BCUT2D eigenvalue weighted by molar-refractivity contribution is 6.32. The molecule has 5 heteroatoms. The fraction of sp³-hybridized carbons (Fsp3) is 0.111. The Morgan fingerprint density at radius 2 is 1.91 bits per heavy atom. The number of anilines is 1. The number of nitrogens with one attached hydrogen (secondary N) is 1. The van der Waals surface area contributed by atoms with Gasteiger partial charge in [0.2, 0.25) is 0 Å². The molecule has 1 heterocycles. The lowest BCUT2D eigenvalue weighted by atomic mass is 10.1. The van der Waals surface area contributed by atoms with Crippen molar-refractivity contribution in [3.8, 4) is 5.75 Å². The number of benzene rings is 2. The van der Waals surface area contributed by atoms with E-state index in [0.29, 0.717) is 5.15 Å². The maximum atomic E-state index is 6.22. The lowest BCUT2D eigenvalue weighted by molar-refractivity contribution is 0.415. The van der Waals surface area contributed by atoms with Gasteiger partial charge in [-0.1, -0.05) is 29.3 Å². The lowest BCUT2D eigenvalue weighted by Gasteiger charge is -2.05. The molecular weight excluding hydrogens is 310 g/mol. The Morgan fingerprint density at radius 1 is 1.13 bits per heavy atom. The average Bonchev–Trinajstić information content (AvgIpc) is 2.56. The van der Waals surface area contributed by atoms with Crippen LogP contribution in [0.3, 0.4) is 0 Å². The third kappa shape index (κ3) is 3.60. The van der Waals surface area contributed by atoms with Crippen LogP contribution in [0.4, 0.5) is 5.69 Å². The summed E-state index contributed by atoms with van der Waals surface area (Å²) in [5.74, 6) is 0.780. The van der Waals surface area contributed by atoms with Gasteiger partial charge in [0.05, 0.1) is 24.5 Å². The summed E-state index contributed by atoms with van der Waals surface area (Å²) in [6.07, 6.45) is 1.66. The van der Waals surface area contributed by atoms with Gasteiger partial charge in [-0.2, -0.15) is 5.10 Å². The predicted molar refractivity (Wildman–Crippen MR) is 95.7 cm³/mol. The molecule has 0 saturated heterocycles. The molecule has 0 saturated carbocycles. The molecule has 1 N–H and O–H groups in total. The molecule has 0 atom stereocenters. The van der Waals surface area contributed by atoms with Gasteiger partial charge in [0.25, 0.3) is 0 Å². The normalized spacial score (nSPS) is 11.1. The number of hydrazone groups is 1. The van der Waals surface area contributed by atoms with Gasteiger partial charge in [0.1, 0.15) is 10.9 Å². The third-order valence-corrected chi connectivity index (χ3v) is 3.75. The lowest BCUT2D eigenvalue weighted by Crippen LogP contribution is -1.94. The maximum absolute atomic E-state index is 6.22. The summed E-state index contributed by atoms with van der Waals surface area (Å²) < 4.78 is 5.23. The predicted octanol–water partition coefficient (Wildman–Crippen LogP) is 4.65. The van der Waals surface area contributed by atoms with Crippen molar-refractivity contribution in [2.24, 2.45) is 5.10 Å². The van der Waals surface area contributed by atoms with E-state index in [1.54, 1.807) is 13.3 Å². The van der Waals surface area contributed by atoms with Crippen LogP contribution in [-0.2, 0) is 0 Å². The second-order valence-corrected chi connectivity index (χ2v) is 5.52. The number of rotatable bonds is 4. The van der Waals surface area contributed by atoms with Crippen LogP contribution in [0.25, 0.3) is 10.9 Å². The SMILES string of the molecule is COc1ccc2nc(Cl)c(/C=N/Nc3ccc(C)cc3)cc2c1. The quantitative estimate of drug-likeness (QED) is 0.431. The fourth-order valence-corrected chi connectivity index (χ4v) is 2.36. The van der Waals surface area contributed by atoms with Gasteiger partial charge in [-0.15, -0.1) is 0 Å². The van der Waals surface area contributed by atoms with E-state index in [1.807, 2.05) is 55.5 Å². The molecule has 0 bridgehead atoms. The van der Waals surface area contributed by atoms with Crippen LogP contribution in [0.1, 0.15) is 11.1 Å². The highest BCUT2D eigenvalue weighted by Crippen LogP contribution is 2.23. The van der Waals surface area contributed by atoms with Gasteiger partial charge in [0, 0.05) is 10.9 Å². The standard InChI is InChI=1S/C18H16ClN3O/c1-12-3-5-15(6-4-12)22-20-11-14-9-13-10-16(23-2)7-8-17(13)21-18(14)19/h3-11,22H,1-2H3/b20-11+. The largest absolute Gasteiger partial charge is 0.497 e. The first-order chi connectivity index (χ1) is 11.2. The summed E-state index contributed by atoms with van der Waals surface area (Å²) in [7, 11) is 1.64. The van der Waals surface area contributed by atoms with Crippen molar-refractivity contribution < 1.29 is 4.74 Å². The molecule has 4 nitrogen and oxygen atoms in total. The smallest absolute Gasteiger partial charge is 0.138 e. The molecule has 0 spiro atoms. The van der Waals surface area contributed by atoms with Crippen LogP contribution in [0.5, 0.6) is 5.75 Å². The number of ether oxygens (including phenoxy) is 1. The first-order valence-corrected chi connectivity index (χ1v) is 7.53. The topological polar surface area (TPSA) is 46.5 Å². The van der Waals surface area contributed by atoms with E-state index in [0.717, 1.165) is 27.9 Å². The Kier molecular flexibility index (Phi) is 4.44. The number of nitrogens with zero attached hydrogens (tertiary/aromatic N) is 2. The number of aromatic nitrogens is 1. The molecule has 0 aliphatic carbocycles. The van der Waals surface area contributed by atoms with Crippen molar-refractivity contribution in [2.75, 3.05) is 12.5 Å². The molecule has 1 aromatic heterocycles. The second-order valence-electron chi connectivity index (χ2n) is 5.16. The molecule has 0 radical (unpaired) electrons. The Morgan fingerprint density at radius 3 is 2.65 bits per heavy atom. The Balaban J connectivity index is 1.85. The Labute approximate surface area is 139 Å². The number of pyridine rings is 1. The van der Waals surface area contributed by atoms with Gasteiger partial charge in [-0.05, 0) is 43.3 Å². The highest BCUT2D eigenvalue weighted by Gasteiger charge is 2.04. The molecule has 116 valence electrons. The Hall–Kier alpha value is -2.59. The van der Waals surface area contributed by atoms with Gasteiger partial charge in [-0.3, -0.25) is 5.43 Å². The summed E-state index contributed by atoms with van der Waals surface area (Å²) in [5.41, 5.74) is 6.66. The van der Waals surface area contributed by atoms with Gasteiger partial charge < -0.3 is 4.74 Å². The van der Waals surface area contributed by atoms with Crippen LogP contribution >= 0.6 is 11.6 Å². The summed E-state index contributed by atoms with van der Waals surface area (Å²) in [5, 5.41) is 5.58. The third-order valence-electron chi connectivity index (χ3n) is 3.45. The molecule has 0 aliphatic heterocycles. The molecule has 3 rings (SSSR count). The molecule has 2 aromatic carbocycles. The van der Waals surface area contributed by atoms with Crippen LogP contribution in [0.15, 0.2) is 53.6 Å². The van der Waals surface area contributed by atoms with Crippen LogP contribution < -0.4 is 10.2 Å². The van der Waals surface area contributed by atoms with Crippen LogP contribution in [-0.4, -0.2) is 18.3 Å². The number of hydrogen-bond donors (Lipinski definition) is 1. The zero-order valence-electron chi connectivity index (χ0n) is 12.9. The van der Waals surface area contributed by atoms with E-state index in [-0.39, 0.29) is 0 Å². The number of methoxy groups -OCH3 is 1. The molecular formula is C18H16ClN3O. The van der Waals surface area contributed by atoms with Gasteiger partial charge in [-0.25, -0.2) is 4.98 Å². The molecule has 23 heavy (non-hydrogen) atoms. The van der Waals surface area contributed by atoms with E-state index < -0.39 is 0 Å². The zero-order chi connectivity index (χ0) is 16.2. The van der Waals surface area contributed by atoms with E-state index in [4.69, 9.17) is 16.3 Å². The molecule has 0 aliphatic rings. The maximum Gasteiger partial charge on any atom is 0.138 e. The van der Waals surface area contributed by atoms with E-state index in [1.165, 1.54) is 5.56 Å². The monoisotopic (exact) mass is 325 g/mol. The first kappa shape index (κ1) is 15.3. The number of halogens is 1. The summed E-state index contributed by atoms with van der Waals surface area (Å²) in [4.78, 5) is 4.38. The molecule has 0 amide bonds. The minimum atomic E-state index is 0.414. The van der Waals surface area contributed by atoms with Crippen molar-refractivity contribution in [1.29, 1.82) is 0 Å². The number of aryl methyl sites for hydroxylation is 1. The van der Waals surface area contributed by atoms with Crippen molar-refractivity contribution in [2.45, 2.75) is 6.92 Å². The first-order valence-electron chi connectivity index (χ1n) is 7.16. The van der Waals surface area contributed by atoms with Gasteiger partial charge in [0.15, 0.2) is 0 Å². The van der Waals surface area contributed by atoms with Crippen molar-refractivity contribution in [1.82, 2.24) is 4.98 Å². The minimum absolute atomic E-state index is 0.414. The Bertz CT molecular complexity index is 860. The van der Waals surface area contributed by atoms with Crippen molar-refractivity contribution in [3.05, 3.63) is 64.8 Å². The van der Waals surface area contributed by atoms with E-state index >= 15 is 0 Å². The van der Waals surface area contributed by atoms with Crippen LogP contribution in [0, 0.1) is 6.92 Å². The number of fused-ring (bicyclic) bond motifs is 1. The fourth-order valence-electron chi connectivity index (χ4n) is 2.17. The molecule has 0 fully saturated rings. The summed E-state index contributed by atoms with van der Waals surface area (Å²) in [6.45, 7) is 2.04. The van der Waals surface area contributed by atoms with E-state index in [9.17, 15) is 0 Å². The molecule has 0 unspecified atom stereocenters. The highest BCUT2D eigenvalue weighted by atomic mass is 35.5. The summed E-state index contributed by atoms with van der Waals surface area (Å²) >= 11 is 6.22. The zero-order valence-corrected chi connectivity index (χ0v) is 13.6. The average molecular weight is 326 g/mol.